The van der Waals surface area contributed by atoms with Gasteiger partial charge in [-0.05, 0) is 43.2 Å². The van der Waals surface area contributed by atoms with E-state index in [-0.39, 0.29) is 23.7 Å². The van der Waals surface area contributed by atoms with Crippen molar-refractivity contribution in [3.05, 3.63) is 75.6 Å². The molecule has 2 aromatic rings. The van der Waals surface area contributed by atoms with Crippen LogP contribution in [0.15, 0.2) is 42.5 Å². The van der Waals surface area contributed by atoms with Crippen molar-refractivity contribution in [2.75, 3.05) is 0 Å². The highest BCUT2D eigenvalue weighted by molar-refractivity contribution is 5.95. The third-order valence-corrected chi connectivity index (χ3v) is 3.12. The first-order valence-electron chi connectivity index (χ1n) is 6.50. The molecule has 0 unspecified atom stereocenters. The third kappa shape index (κ3) is 3.95. The van der Waals surface area contributed by atoms with Crippen LogP contribution in [0.5, 0.6) is 0 Å². The molecular weight excluding hydrogens is 273 g/mol. The van der Waals surface area contributed by atoms with Crippen LogP contribution in [0.25, 0.3) is 0 Å². The zero-order chi connectivity index (χ0) is 15.2. The molecule has 0 aliphatic carbocycles. The maximum atomic E-state index is 12.8. The van der Waals surface area contributed by atoms with Gasteiger partial charge in [0.2, 0.25) is 0 Å². The van der Waals surface area contributed by atoms with Gasteiger partial charge in [0.25, 0.3) is 5.69 Å². The lowest BCUT2D eigenvalue weighted by molar-refractivity contribution is -0.385. The number of para-hydroxylation sites is 1. The number of halogens is 1. The van der Waals surface area contributed by atoms with Crippen LogP contribution >= 0.6 is 0 Å². The molecule has 0 amide bonds. The number of hydrogen-bond acceptors (Lipinski definition) is 3. The van der Waals surface area contributed by atoms with Gasteiger partial charge < -0.3 is 0 Å². The predicted octanol–water partition coefficient (Wildman–Crippen LogP) is 3.74. The number of Topliss-reactive ketones (excluding diaryl/α,β-unsaturated/α-hetero) is 1. The summed E-state index contributed by atoms with van der Waals surface area (Å²) in [6.45, 7) is 0. The first-order valence-corrected chi connectivity index (χ1v) is 6.50. The topological polar surface area (TPSA) is 60.2 Å². The van der Waals surface area contributed by atoms with E-state index in [1.54, 1.807) is 12.1 Å². The SMILES string of the molecule is O=C(CCCc1ccc[c]c1[N+](=O)[O-])c1ccc(F)cc1. The summed E-state index contributed by atoms with van der Waals surface area (Å²) in [4.78, 5) is 22.3. The van der Waals surface area contributed by atoms with E-state index in [9.17, 15) is 19.3 Å². The predicted molar refractivity (Wildman–Crippen MR) is 75.6 cm³/mol. The molecule has 0 heterocycles. The lowest BCUT2D eigenvalue weighted by Crippen LogP contribution is -2.01. The molecule has 0 aromatic heterocycles. The van der Waals surface area contributed by atoms with E-state index < -0.39 is 4.92 Å². The Kier molecular flexibility index (Phi) is 4.77. The fourth-order valence-corrected chi connectivity index (χ4v) is 2.05. The van der Waals surface area contributed by atoms with Crippen molar-refractivity contribution < 1.29 is 14.1 Å². The van der Waals surface area contributed by atoms with Crippen LogP contribution < -0.4 is 0 Å². The fourth-order valence-electron chi connectivity index (χ4n) is 2.05. The second kappa shape index (κ2) is 6.74. The Labute approximate surface area is 121 Å². The molecule has 0 aliphatic heterocycles. The van der Waals surface area contributed by atoms with Crippen molar-refractivity contribution in [2.45, 2.75) is 19.3 Å². The second-order valence-electron chi connectivity index (χ2n) is 4.58. The maximum Gasteiger partial charge on any atom is 0.280 e. The highest BCUT2D eigenvalue weighted by atomic mass is 19.1. The Hall–Kier alpha value is -2.56. The van der Waals surface area contributed by atoms with E-state index >= 15 is 0 Å². The minimum atomic E-state index is -0.475. The number of aryl methyl sites for hydroxylation is 1. The molecule has 1 radical (unpaired) electrons. The smallest absolute Gasteiger partial charge is 0.280 e. The van der Waals surface area contributed by atoms with Gasteiger partial charge in [0.1, 0.15) is 5.82 Å². The number of nitro benzene ring substituents is 1. The summed E-state index contributed by atoms with van der Waals surface area (Å²) >= 11 is 0. The molecule has 0 N–H and O–H groups in total. The molecule has 21 heavy (non-hydrogen) atoms. The summed E-state index contributed by atoms with van der Waals surface area (Å²) in [6, 6.07) is 12.8. The van der Waals surface area contributed by atoms with Gasteiger partial charge in [-0.15, -0.1) is 0 Å². The quantitative estimate of drug-likeness (QED) is 0.461. The number of carbonyl (C=O) groups is 1. The molecule has 0 saturated heterocycles. The van der Waals surface area contributed by atoms with Crippen molar-refractivity contribution in [2.24, 2.45) is 0 Å². The molecule has 0 bridgehead atoms. The maximum absolute atomic E-state index is 12.8. The Morgan fingerprint density at radius 2 is 1.95 bits per heavy atom. The minimum Gasteiger partial charge on any atom is -0.294 e. The molecule has 0 atom stereocenters. The molecular formula is C16H13FNO3. The first kappa shape index (κ1) is 14.8. The van der Waals surface area contributed by atoms with Crippen LogP contribution in [-0.2, 0) is 6.42 Å². The van der Waals surface area contributed by atoms with E-state index in [1.807, 2.05) is 0 Å². The summed E-state index contributed by atoms with van der Waals surface area (Å²) in [6.07, 6.45) is 1.19. The van der Waals surface area contributed by atoms with E-state index in [1.165, 1.54) is 30.3 Å². The summed E-state index contributed by atoms with van der Waals surface area (Å²) in [5.41, 5.74) is 0.965. The number of benzene rings is 2. The number of nitrogens with zero attached hydrogens (tertiary/aromatic N) is 1. The van der Waals surface area contributed by atoms with E-state index in [0.717, 1.165) is 0 Å². The Morgan fingerprint density at radius 1 is 1.24 bits per heavy atom. The van der Waals surface area contributed by atoms with Gasteiger partial charge in [-0.3, -0.25) is 14.9 Å². The number of hydrogen-bond donors (Lipinski definition) is 0. The van der Waals surface area contributed by atoms with Crippen LogP contribution in [0.3, 0.4) is 0 Å². The van der Waals surface area contributed by atoms with Crippen molar-refractivity contribution in [1.82, 2.24) is 0 Å². The molecule has 2 aromatic carbocycles. The molecule has 0 spiro atoms. The summed E-state index contributed by atoms with van der Waals surface area (Å²) in [5.74, 6) is -0.487. The number of ketones is 1. The zero-order valence-corrected chi connectivity index (χ0v) is 11.2. The molecule has 107 valence electrons. The standard InChI is InChI=1S/C16H13FNO3/c17-14-10-8-13(9-11-14)16(19)7-3-5-12-4-1-2-6-15(12)18(20)21/h1-2,4,8-11H,3,5,7H2. The molecule has 0 fully saturated rings. The number of rotatable bonds is 6. The monoisotopic (exact) mass is 286 g/mol. The molecule has 0 aliphatic rings. The van der Waals surface area contributed by atoms with Crippen molar-refractivity contribution in [1.29, 1.82) is 0 Å². The Bertz CT molecular complexity index is 653. The lowest BCUT2D eigenvalue weighted by Gasteiger charge is -2.03. The number of nitro groups is 1. The average Bonchev–Trinajstić information content (AvgIpc) is 2.48. The van der Waals surface area contributed by atoms with Crippen LogP contribution in [0, 0.1) is 22.0 Å². The fraction of sp³-hybridized carbons (Fsp3) is 0.188. The lowest BCUT2D eigenvalue weighted by atomic mass is 10.0. The van der Waals surface area contributed by atoms with E-state index in [0.29, 0.717) is 24.0 Å². The zero-order valence-electron chi connectivity index (χ0n) is 11.2. The van der Waals surface area contributed by atoms with Gasteiger partial charge in [0.05, 0.1) is 11.0 Å². The van der Waals surface area contributed by atoms with Gasteiger partial charge in [-0.25, -0.2) is 4.39 Å². The highest BCUT2D eigenvalue weighted by Gasteiger charge is 2.13. The molecule has 4 nitrogen and oxygen atoms in total. The largest absolute Gasteiger partial charge is 0.294 e. The second-order valence-corrected chi connectivity index (χ2v) is 4.58. The van der Waals surface area contributed by atoms with Gasteiger partial charge in [0.15, 0.2) is 5.78 Å². The van der Waals surface area contributed by atoms with Crippen LogP contribution in [0.2, 0.25) is 0 Å². The summed E-state index contributed by atoms with van der Waals surface area (Å²) in [5, 5.41) is 10.8. The van der Waals surface area contributed by atoms with Crippen LogP contribution in [-0.4, -0.2) is 10.7 Å². The van der Waals surface area contributed by atoms with Crippen LogP contribution in [0.4, 0.5) is 10.1 Å². The van der Waals surface area contributed by atoms with Crippen molar-refractivity contribution in [3.63, 3.8) is 0 Å². The van der Waals surface area contributed by atoms with Crippen LogP contribution in [0.1, 0.15) is 28.8 Å². The number of carbonyl (C=O) groups excluding carboxylic acids is 1. The summed E-state index contributed by atoms with van der Waals surface area (Å²) in [7, 11) is 0. The third-order valence-electron chi connectivity index (χ3n) is 3.12. The van der Waals surface area contributed by atoms with E-state index in [2.05, 4.69) is 6.07 Å². The molecule has 0 saturated carbocycles. The van der Waals surface area contributed by atoms with Gasteiger partial charge in [0, 0.05) is 17.5 Å². The Morgan fingerprint density at radius 3 is 2.62 bits per heavy atom. The molecule has 5 heteroatoms. The summed E-state index contributed by atoms with van der Waals surface area (Å²) < 4.78 is 12.8. The minimum absolute atomic E-state index is 0.0493. The van der Waals surface area contributed by atoms with Gasteiger partial charge in [-0.2, -0.15) is 0 Å². The van der Waals surface area contributed by atoms with Gasteiger partial charge >= 0.3 is 0 Å². The normalized spacial score (nSPS) is 10.3. The van der Waals surface area contributed by atoms with Crippen molar-refractivity contribution in [3.8, 4) is 0 Å². The molecule has 2 rings (SSSR count). The van der Waals surface area contributed by atoms with Gasteiger partial charge in [-0.1, -0.05) is 12.1 Å². The highest BCUT2D eigenvalue weighted by Crippen LogP contribution is 2.19. The van der Waals surface area contributed by atoms with E-state index in [4.69, 9.17) is 0 Å². The van der Waals surface area contributed by atoms with Crippen molar-refractivity contribution >= 4 is 11.5 Å². The first-order chi connectivity index (χ1) is 10.1. The Balaban J connectivity index is 1.94. The average molecular weight is 286 g/mol.